The highest BCUT2D eigenvalue weighted by Gasteiger charge is 2.12. The Balaban J connectivity index is 2.66. The molecule has 0 aliphatic heterocycles. The Morgan fingerprint density at radius 3 is 2.75 bits per heavy atom. The van der Waals surface area contributed by atoms with Gasteiger partial charge in [-0.25, -0.2) is 4.39 Å². The minimum absolute atomic E-state index is 0.0912. The predicted octanol–water partition coefficient (Wildman–Crippen LogP) is -0.386. The SMILES string of the molecule is O=C(NCC(O)CO)c1ccc(F)cc1O. The number of phenolic OH excluding ortho intramolecular Hbond substituents is 1. The molecule has 1 atom stereocenters. The molecule has 6 heteroatoms. The molecule has 0 heterocycles. The van der Waals surface area contributed by atoms with Crippen LogP contribution in [0.3, 0.4) is 0 Å². The number of rotatable bonds is 4. The first-order valence-electron chi connectivity index (χ1n) is 4.60. The number of hydrogen-bond acceptors (Lipinski definition) is 4. The van der Waals surface area contributed by atoms with E-state index in [-0.39, 0.29) is 12.1 Å². The number of amides is 1. The minimum Gasteiger partial charge on any atom is -0.507 e. The van der Waals surface area contributed by atoms with Crippen molar-refractivity contribution in [3.8, 4) is 5.75 Å². The van der Waals surface area contributed by atoms with Crippen LogP contribution in [0.15, 0.2) is 18.2 Å². The average Bonchev–Trinajstić information content (AvgIpc) is 2.25. The zero-order chi connectivity index (χ0) is 12.1. The highest BCUT2D eigenvalue weighted by molar-refractivity contribution is 5.96. The van der Waals surface area contributed by atoms with Gasteiger partial charge in [-0.1, -0.05) is 0 Å². The molecule has 0 aromatic heterocycles. The maximum Gasteiger partial charge on any atom is 0.255 e. The minimum atomic E-state index is -1.06. The van der Waals surface area contributed by atoms with Crippen molar-refractivity contribution < 1.29 is 24.5 Å². The van der Waals surface area contributed by atoms with Gasteiger partial charge in [-0.3, -0.25) is 4.79 Å². The van der Waals surface area contributed by atoms with Crippen LogP contribution in [0.5, 0.6) is 5.75 Å². The van der Waals surface area contributed by atoms with Gasteiger partial charge in [0.1, 0.15) is 11.6 Å². The summed E-state index contributed by atoms with van der Waals surface area (Å²) in [4.78, 5) is 11.4. The molecule has 1 unspecified atom stereocenters. The standard InChI is InChI=1S/C10H12FNO4/c11-6-1-2-8(9(15)3-6)10(16)12-4-7(14)5-13/h1-3,7,13-15H,4-5H2,(H,12,16). The maximum atomic E-state index is 12.6. The first-order valence-corrected chi connectivity index (χ1v) is 4.60. The number of benzene rings is 1. The van der Waals surface area contributed by atoms with Crippen molar-refractivity contribution in [1.82, 2.24) is 5.32 Å². The third-order valence-corrected chi connectivity index (χ3v) is 1.91. The fourth-order valence-electron chi connectivity index (χ4n) is 1.07. The highest BCUT2D eigenvalue weighted by atomic mass is 19.1. The van der Waals surface area contributed by atoms with Crippen molar-refractivity contribution in [2.45, 2.75) is 6.10 Å². The van der Waals surface area contributed by atoms with Gasteiger partial charge in [0.2, 0.25) is 0 Å². The van der Waals surface area contributed by atoms with Gasteiger partial charge >= 0.3 is 0 Å². The highest BCUT2D eigenvalue weighted by Crippen LogP contribution is 2.17. The number of aromatic hydroxyl groups is 1. The van der Waals surface area contributed by atoms with Gasteiger partial charge in [0.15, 0.2) is 0 Å². The fraction of sp³-hybridized carbons (Fsp3) is 0.300. The molecular weight excluding hydrogens is 217 g/mol. The van der Waals surface area contributed by atoms with E-state index in [0.29, 0.717) is 0 Å². The van der Waals surface area contributed by atoms with Crippen LogP contribution < -0.4 is 5.32 Å². The first kappa shape index (κ1) is 12.4. The van der Waals surface area contributed by atoms with Gasteiger partial charge in [-0.05, 0) is 12.1 Å². The lowest BCUT2D eigenvalue weighted by Crippen LogP contribution is -2.33. The van der Waals surface area contributed by atoms with Gasteiger partial charge in [-0.15, -0.1) is 0 Å². The maximum absolute atomic E-state index is 12.6. The van der Waals surface area contributed by atoms with Crippen molar-refractivity contribution in [1.29, 1.82) is 0 Å². The zero-order valence-corrected chi connectivity index (χ0v) is 8.35. The van der Waals surface area contributed by atoms with Gasteiger partial charge in [0.05, 0.1) is 18.3 Å². The number of aliphatic hydroxyl groups excluding tert-OH is 2. The van der Waals surface area contributed by atoms with Crippen molar-refractivity contribution in [3.05, 3.63) is 29.6 Å². The number of carbonyl (C=O) groups excluding carboxylic acids is 1. The molecule has 5 nitrogen and oxygen atoms in total. The van der Waals surface area contributed by atoms with Crippen molar-refractivity contribution in [3.63, 3.8) is 0 Å². The average molecular weight is 229 g/mol. The molecule has 1 aromatic rings. The Kier molecular flexibility index (Phi) is 4.21. The summed E-state index contributed by atoms with van der Waals surface area (Å²) in [6, 6.07) is 2.99. The van der Waals surface area contributed by atoms with Gasteiger partial charge < -0.3 is 20.6 Å². The Bertz CT molecular complexity index is 383. The number of nitrogens with one attached hydrogen (secondary N) is 1. The second-order valence-corrected chi connectivity index (χ2v) is 3.21. The van der Waals surface area contributed by atoms with Crippen LogP contribution in [0.25, 0.3) is 0 Å². The zero-order valence-electron chi connectivity index (χ0n) is 8.35. The molecule has 0 spiro atoms. The quantitative estimate of drug-likeness (QED) is 0.566. The van der Waals surface area contributed by atoms with Crippen molar-refractivity contribution in [2.24, 2.45) is 0 Å². The molecule has 88 valence electrons. The number of phenols is 1. The molecule has 0 fully saturated rings. The predicted molar refractivity (Wildman–Crippen MR) is 53.5 cm³/mol. The molecular formula is C10H12FNO4. The molecule has 1 aromatic carbocycles. The largest absolute Gasteiger partial charge is 0.507 e. The normalized spacial score (nSPS) is 12.2. The summed E-state index contributed by atoms with van der Waals surface area (Å²) in [6.45, 7) is -0.623. The van der Waals surface area contributed by atoms with E-state index in [4.69, 9.17) is 10.2 Å². The van der Waals surface area contributed by atoms with E-state index in [9.17, 15) is 14.3 Å². The molecule has 0 saturated carbocycles. The van der Waals surface area contributed by atoms with Crippen LogP contribution in [-0.2, 0) is 0 Å². The summed E-state index contributed by atoms with van der Waals surface area (Å²) in [6.07, 6.45) is -1.06. The van der Waals surface area contributed by atoms with Crippen LogP contribution in [-0.4, -0.2) is 40.5 Å². The third-order valence-electron chi connectivity index (χ3n) is 1.91. The Labute approximate surface area is 91.2 Å². The molecule has 0 aliphatic carbocycles. The molecule has 4 N–H and O–H groups in total. The second kappa shape index (κ2) is 5.43. The van der Waals surface area contributed by atoms with Gasteiger partial charge in [-0.2, -0.15) is 0 Å². The molecule has 0 aliphatic rings. The van der Waals surface area contributed by atoms with Crippen molar-refractivity contribution >= 4 is 5.91 Å². The number of aliphatic hydroxyl groups is 2. The lowest BCUT2D eigenvalue weighted by atomic mass is 10.2. The monoisotopic (exact) mass is 229 g/mol. The number of carbonyl (C=O) groups is 1. The summed E-state index contributed by atoms with van der Waals surface area (Å²) in [5, 5.41) is 29.0. The van der Waals surface area contributed by atoms with Crippen LogP contribution >= 0.6 is 0 Å². The van der Waals surface area contributed by atoms with E-state index in [1.807, 2.05) is 0 Å². The fourth-order valence-corrected chi connectivity index (χ4v) is 1.07. The van der Waals surface area contributed by atoms with E-state index in [1.165, 1.54) is 0 Å². The molecule has 0 bridgehead atoms. The summed E-state index contributed by atoms with van der Waals surface area (Å²) in [7, 11) is 0. The molecule has 0 radical (unpaired) electrons. The van der Waals surface area contributed by atoms with Crippen molar-refractivity contribution in [2.75, 3.05) is 13.2 Å². The summed E-state index contributed by atoms with van der Waals surface area (Å²) < 4.78 is 12.6. The number of halogens is 1. The summed E-state index contributed by atoms with van der Waals surface area (Å²) in [5.41, 5.74) is -0.0912. The van der Waals surface area contributed by atoms with E-state index in [2.05, 4.69) is 5.32 Å². The molecule has 16 heavy (non-hydrogen) atoms. The van der Waals surface area contributed by atoms with Crippen LogP contribution in [0, 0.1) is 5.82 Å². The molecule has 1 amide bonds. The van der Waals surface area contributed by atoms with Crippen LogP contribution in [0.4, 0.5) is 4.39 Å². The Morgan fingerprint density at radius 2 is 2.19 bits per heavy atom. The van der Waals surface area contributed by atoms with Gasteiger partial charge in [0, 0.05) is 12.6 Å². The Hall–Kier alpha value is -1.66. The van der Waals surface area contributed by atoms with E-state index in [0.717, 1.165) is 18.2 Å². The smallest absolute Gasteiger partial charge is 0.255 e. The molecule has 0 saturated heterocycles. The number of hydrogen-bond donors (Lipinski definition) is 4. The summed E-state index contributed by atoms with van der Waals surface area (Å²) in [5.74, 6) is -1.77. The Morgan fingerprint density at radius 1 is 1.50 bits per heavy atom. The summed E-state index contributed by atoms with van der Waals surface area (Å²) >= 11 is 0. The first-order chi connectivity index (χ1) is 7.54. The van der Waals surface area contributed by atoms with E-state index in [1.54, 1.807) is 0 Å². The van der Waals surface area contributed by atoms with E-state index >= 15 is 0 Å². The second-order valence-electron chi connectivity index (χ2n) is 3.21. The molecule has 1 rings (SSSR count). The van der Waals surface area contributed by atoms with Crippen LogP contribution in [0.2, 0.25) is 0 Å². The lowest BCUT2D eigenvalue weighted by molar-refractivity contribution is 0.0800. The third kappa shape index (κ3) is 3.18. The van der Waals surface area contributed by atoms with Crippen LogP contribution in [0.1, 0.15) is 10.4 Å². The van der Waals surface area contributed by atoms with Gasteiger partial charge in [0.25, 0.3) is 5.91 Å². The topological polar surface area (TPSA) is 89.8 Å². The lowest BCUT2D eigenvalue weighted by Gasteiger charge is -2.09. The van der Waals surface area contributed by atoms with E-state index < -0.39 is 30.2 Å².